The Kier molecular flexibility index (Phi) is 8.61. The Balaban J connectivity index is 0.00000171. The van der Waals surface area contributed by atoms with E-state index < -0.39 is 5.92 Å². The molecule has 2 saturated carbocycles. The number of hydrogen-bond acceptors (Lipinski definition) is 6. The minimum atomic E-state index is -2.51. The molecule has 6 nitrogen and oxygen atoms in total. The van der Waals surface area contributed by atoms with Crippen molar-refractivity contribution in [2.75, 3.05) is 12.4 Å². The molecule has 2 unspecified atom stereocenters. The predicted octanol–water partition coefficient (Wildman–Crippen LogP) is 4.97. The second kappa shape index (κ2) is 10.4. The number of anilines is 1. The molecule has 4 rings (SSSR count). The van der Waals surface area contributed by atoms with Crippen molar-refractivity contribution in [2.24, 2.45) is 0 Å². The van der Waals surface area contributed by atoms with E-state index >= 15 is 0 Å². The molecule has 1 heterocycles. The van der Waals surface area contributed by atoms with Crippen molar-refractivity contribution in [2.45, 2.75) is 63.0 Å². The molecule has 11 heteroatoms. The molecule has 1 amide bonds. The van der Waals surface area contributed by atoms with E-state index in [4.69, 9.17) is 4.74 Å². The number of alkyl halides is 2. The lowest BCUT2D eigenvalue weighted by Gasteiger charge is -2.29. The largest absolute Gasteiger partial charge is 0.496 e. The van der Waals surface area contributed by atoms with Crippen LogP contribution >= 0.6 is 36.2 Å². The third kappa shape index (κ3) is 6.25. The van der Waals surface area contributed by atoms with E-state index in [1.54, 1.807) is 6.07 Å². The fraction of sp³-hybridized carbons (Fsp3) is 0.550. The average Bonchev–Trinajstić information content (AvgIpc) is 3.34. The lowest BCUT2D eigenvalue weighted by Crippen LogP contribution is -2.38. The first-order valence-electron chi connectivity index (χ1n) is 9.78. The Morgan fingerprint density at radius 3 is 2.55 bits per heavy atom. The molecule has 0 aliphatic heterocycles. The maximum absolute atomic E-state index is 13.3. The van der Waals surface area contributed by atoms with Gasteiger partial charge in [0.2, 0.25) is 11.1 Å². The van der Waals surface area contributed by atoms with E-state index in [0.717, 1.165) is 17.0 Å². The highest BCUT2D eigenvalue weighted by molar-refractivity contribution is 7.15. The van der Waals surface area contributed by atoms with Crippen LogP contribution in [0.4, 0.5) is 13.9 Å². The number of carbonyl (C=O) groups excluding carboxylic acids is 1. The Morgan fingerprint density at radius 1 is 1.23 bits per heavy atom. The van der Waals surface area contributed by atoms with Crippen LogP contribution < -0.4 is 15.4 Å². The summed E-state index contributed by atoms with van der Waals surface area (Å²) in [6, 6.07) is 6.02. The van der Waals surface area contributed by atoms with Gasteiger partial charge in [-0.2, -0.15) is 0 Å². The first kappa shape index (κ1) is 25.7. The fourth-order valence-corrected chi connectivity index (χ4v) is 4.49. The molecule has 0 bridgehead atoms. The van der Waals surface area contributed by atoms with Crippen LogP contribution in [0.1, 0.15) is 59.0 Å². The van der Waals surface area contributed by atoms with Crippen molar-refractivity contribution < 1.29 is 18.3 Å². The van der Waals surface area contributed by atoms with Gasteiger partial charge in [-0.3, -0.25) is 10.1 Å². The minimum Gasteiger partial charge on any atom is -0.496 e. The number of carbonyl (C=O) groups is 1. The number of rotatable bonds is 6. The van der Waals surface area contributed by atoms with Crippen LogP contribution in [0.5, 0.6) is 5.75 Å². The molecule has 0 radical (unpaired) electrons. The fourth-order valence-electron chi connectivity index (χ4n) is 3.90. The van der Waals surface area contributed by atoms with Crippen LogP contribution in [-0.4, -0.2) is 41.2 Å². The SMILES string of the molecule is COc1ccc(C2CC2NC2CCC(F)(F)CC2)cc1C(=O)Nc1nnc(C)s1.Cl.Cl. The molecule has 31 heavy (non-hydrogen) atoms. The highest BCUT2D eigenvalue weighted by Crippen LogP contribution is 2.43. The molecule has 172 valence electrons. The smallest absolute Gasteiger partial charge is 0.261 e. The number of hydrogen-bond donors (Lipinski definition) is 2. The number of nitrogens with one attached hydrogen (secondary N) is 2. The van der Waals surface area contributed by atoms with Crippen molar-refractivity contribution >= 4 is 47.2 Å². The lowest BCUT2D eigenvalue weighted by atomic mass is 9.92. The van der Waals surface area contributed by atoms with Gasteiger partial charge in [-0.25, -0.2) is 8.78 Å². The number of aromatic nitrogens is 2. The molecule has 2 aromatic rings. The molecular weight excluding hydrogens is 469 g/mol. The lowest BCUT2D eigenvalue weighted by molar-refractivity contribution is -0.0405. The van der Waals surface area contributed by atoms with Gasteiger partial charge < -0.3 is 10.1 Å². The number of amides is 1. The van der Waals surface area contributed by atoms with E-state index in [0.29, 0.717) is 29.3 Å². The van der Waals surface area contributed by atoms with Gasteiger partial charge in [0.05, 0.1) is 12.7 Å². The summed E-state index contributed by atoms with van der Waals surface area (Å²) in [5.41, 5.74) is 1.49. The molecular formula is C20H26Cl2F2N4O2S. The third-order valence-electron chi connectivity index (χ3n) is 5.60. The van der Waals surface area contributed by atoms with Gasteiger partial charge >= 0.3 is 0 Å². The summed E-state index contributed by atoms with van der Waals surface area (Å²) in [7, 11) is 1.53. The zero-order valence-electron chi connectivity index (χ0n) is 17.2. The summed E-state index contributed by atoms with van der Waals surface area (Å²) in [6.45, 7) is 1.82. The molecule has 0 saturated heterocycles. The topological polar surface area (TPSA) is 76.1 Å². The molecule has 2 fully saturated rings. The first-order chi connectivity index (χ1) is 13.8. The molecule has 2 N–H and O–H groups in total. The van der Waals surface area contributed by atoms with Crippen molar-refractivity contribution in [3.05, 3.63) is 34.3 Å². The van der Waals surface area contributed by atoms with Crippen LogP contribution in [0.15, 0.2) is 18.2 Å². The quantitative estimate of drug-likeness (QED) is 0.592. The van der Waals surface area contributed by atoms with Gasteiger partial charge in [-0.1, -0.05) is 17.4 Å². The standard InChI is InChI=1S/C20H24F2N4O2S.2ClH/c1-11-25-26-19(29-11)24-18(27)15-9-12(3-4-17(15)28-2)14-10-16(14)23-13-5-7-20(21,22)8-6-13;;/h3-4,9,13-14,16,23H,5-8,10H2,1-2H3,(H,24,26,27);2*1H. The number of methoxy groups -OCH3 is 1. The highest BCUT2D eigenvalue weighted by Gasteiger charge is 2.42. The number of ether oxygens (including phenoxy) is 1. The Bertz CT molecular complexity index is 905. The van der Waals surface area contributed by atoms with Crippen molar-refractivity contribution in [1.82, 2.24) is 15.5 Å². The molecule has 2 atom stereocenters. The maximum atomic E-state index is 13.3. The second-order valence-electron chi connectivity index (χ2n) is 7.79. The number of halogens is 4. The van der Waals surface area contributed by atoms with E-state index in [1.807, 2.05) is 19.1 Å². The zero-order chi connectivity index (χ0) is 20.6. The zero-order valence-corrected chi connectivity index (χ0v) is 19.6. The summed E-state index contributed by atoms with van der Waals surface area (Å²) in [6.07, 6.45) is 1.87. The summed E-state index contributed by atoms with van der Waals surface area (Å²) >= 11 is 1.31. The van der Waals surface area contributed by atoms with Gasteiger partial charge in [0.15, 0.2) is 0 Å². The van der Waals surface area contributed by atoms with E-state index in [-0.39, 0.29) is 61.6 Å². The Labute approximate surface area is 196 Å². The Hall–Kier alpha value is -1.55. The van der Waals surface area contributed by atoms with Crippen molar-refractivity contribution in [3.63, 3.8) is 0 Å². The second-order valence-corrected chi connectivity index (χ2v) is 8.97. The van der Waals surface area contributed by atoms with Gasteiger partial charge in [-0.15, -0.1) is 35.0 Å². The molecule has 2 aliphatic rings. The van der Waals surface area contributed by atoms with Crippen molar-refractivity contribution in [1.29, 1.82) is 0 Å². The van der Waals surface area contributed by atoms with Crippen LogP contribution in [0.25, 0.3) is 0 Å². The minimum absolute atomic E-state index is 0. The van der Waals surface area contributed by atoms with E-state index in [1.165, 1.54) is 18.4 Å². The van der Waals surface area contributed by atoms with Gasteiger partial charge in [0, 0.05) is 30.8 Å². The van der Waals surface area contributed by atoms with Crippen molar-refractivity contribution in [3.8, 4) is 5.75 Å². The number of nitrogens with zero attached hydrogens (tertiary/aromatic N) is 2. The van der Waals surface area contributed by atoms with Crippen LogP contribution in [0.2, 0.25) is 0 Å². The van der Waals surface area contributed by atoms with E-state index in [9.17, 15) is 13.6 Å². The van der Waals surface area contributed by atoms with Crippen LogP contribution in [0.3, 0.4) is 0 Å². The number of benzene rings is 1. The Morgan fingerprint density at radius 2 is 1.94 bits per heavy atom. The highest BCUT2D eigenvalue weighted by atomic mass is 35.5. The molecule has 1 aromatic heterocycles. The summed E-state index contributed by atoms with van der Waals surface area (Å²) < 4.78 is 32.0. The first-order valence-corrected chi connectivity index (χ1v) is 10.6. The normalized spacial score (nSPS) is 22.1. The van der Waals surface area contributed by atoms with E-state index in [2.05, 4.69) is 20.8 Å². The molecule has 0 spiro atoms. The third-order valence-corrected chi connectivity index (χ3v) is 6.35. The van der Waals surface area contributed by atoms with Gasteiger partial charge in [0.1, 0.15) is 10.8 Å². The van der Waals surface area contributed by atoms with Gasteiger partial charge in [-0.05, 0) is 43.9 Å². The summed E-state index contributed by atoms with van der Waals surface area (Å²) in [5, 5.41) is 15.3. The average molecular weight is 495 g/mol. The molecule has 1 aromatic carbocycles. The van der Waals surface area contributed by atoms with Gasteiger partial charge in [0.25, 0.3) is 5.91 Å². The molecule has 2 aliphatic carbocycles. The monoisotopic (exact) mass is 494 g/mol. The number of aryl methyl sites for hydroxylation is 1. The predicted molar refractivity (Wildman–Crippen MR) is 122 cm³/mol. The maximum Gasteiger partial charge on any atom is 0.261 e. The van der Waals surface area contributed by atoms with Crippen LogP contribution in [0, 0.1) is 6.92 Å². The van der Waals surface area contributed by atoms with Crippen LogP contribution in [-0.2, 0) is 0 Å². The summed E-state index contributed by atoms with van der Waals surface area (Å²) in [4.78, 5) is 12.7. The summed E-state index contributed by atoms with van der Waals surface area (Å²) in [5.74, 6) is -2.03.